The van der Waals surface area contributed by atoms with Crippen LogP contribution in [0.3, 0.4) is 0 Å². The van der Waals surface area contributed by atoms with Crippen LogP contribution in [0.5, 0.6) is 0 Å². The van der Waals surface area contributed by atoms with Crippen molar-refractivity contribution in [2.45, 2.75) is 33.2 Å². The quantitative estimate of drug-likeness (QED) is 0.602. The lowest BCUT2D eigenvalue weighted by Gasteiger charge is -2.37. The van der Waals surface area contributed by atoms with Crippen LogP contribution in [0.1, 0.15) is 24.2 Å². The van der Waals surface area contributed by atoms with Gasteiger partial charge in [-0.3, -0.25) is 9.48 Å². The SMILES string of the molecule is Cc1cc(C)n(CC(=O)N2CCN(c3ccccc3-c3cnc(N4CCCC4)nc3)CC2)n1. The average Bonchev–Trinajstić information content (AvgIpc) is 3.49. The maximum absolute atomic E-state index is 12.8. The Morgan fingerprint density at radius 3 is 2.27 bits per heavy atom. The normalized spacial score (nSPS) is 16.5. The Morgan fingerprint density at radius 2 is 1.61 bits per heavy atom. The van der Waals surface area contributed by atoms with Gasteiger partial charge in [0.1, 0.15) is 6.54 Å². The molecule has 2 fully saturated rings. The minimum absolute atomic E-state index is 0.125. The zero-order valence-electron chi connectivity index (χ0n) is 19.4. The van der Waals surface area contributed by atoms with Crippen LogP contribution in [0.15, 0.2) is 42.7 Å². The highest BCUT2D eigenvalue weighted by molar-refractivity contribution is 5.79. The number of rotatable bonds is 5. The molecule has 2 aromatic heterocycles. The molecular formula is C25H31N7O. The highest BCUT2D eigenvalue weighted by atomic mass is 16.2. The van der Waals surface area contributed by atoms with Crippen LogP contribution in [0, 0.1) is 13.8 Å². The predicted molar refractivity (Wildman–Crippen MR) is 129 cm³/mol. The molecule has 2 saturated heterocycles. The highest BCUT2D eigenvalue weighted by Gasteiger charge is 2.24. The first-order chi connectivity index (χ1) is 16.1. The van der Waals surface area contributed by atoms with Gasteiger partial charge in [0.05, 0.1) is 5.69 Å². The third-order valence-corrected chi connectivity index (χ3v) is 6.60. The lowest BCUT2D eigenvalue weighted by Crippen LogP contribution is -2.49. The molecule has 1 aromatic carbocycles. The van der Waals surface area contributed by atoms with Crippen molar-refractivity contribution in [2.24, 2.45) is 0 Å². The summed E-state index contributed by atoms with van der Waals surface area (Å²) in [6.07, 6.45) is 6.30. The summed E-state index contributed by atoms with van der Waals surface area (Å²) in [4.78, 5) is 28.7. The largest absolute Gasteiger partial charge is 0.367 e. The molecule has 8 heteroatoms. The lowest BCUT2D eigenvalue weighted by atomic mass is 10.1. The highest BCUT2D eigenvalue weighted by Crippen LogP contribution is 2.31. The molecule has 3 aromatic rings. The fourth-order valence-corrected chi connectivity index (χ4v) is 4.79. The van der Waals surface area contributed by atoms with Crippen LogP contribution in [0.25, 0.3) is 11.1 Å². The molecule has 0 unspecified atom stereocenters. The summed E-state index contributed by atoms with van der Waals surface area (Å²) >= 11 is 0. The molecule has 8 nitrogen and oxygen atoms in total. The van der Waals surface area contributed by atoms with Gasteiger partial charge in [-0.2, -0.15) is 5.10 Å². The molecule has 0 radical (unpaired) electrons. The third-order valence-electron chi connectivity index (χ3n) is 6.60. The number of benzene rings is 1. The smallest absolute Gasteiger partial charge is 0.244 e. The Morgan fingerprint density at radius 1 is 0.909 bits per heavy atom. The van der Waals surface area contributed by atoms with Crippen molar-refractivity contribution in [2.75, 3.05) is 49.1 Å². The van der Waals surface area contributed by atoms with Crippen molar-refractivity contribution in [1.29, 1.82) is 0 Å². The van der Waals surface area contributed by atoms with Crippen LogP contribution < -0.4 is 9.80 Å². The summed E-state index contributed by atoms with van der Waals surface area (Å²) in [5.41, 5.74) is 5.29. The number of carbonyl (C=O) groups excluding carboxylic acids is 1. The van der Waals surface area contributed by atoms with Crippen molar-refractivity contribution in [1.82, 2.24) is 24.6 Å². The Labute approximate surface area is 194 Å². The van der Waals surface area contributed by atoms with E-state index in [1.807, 2.05) is 37.2 Å². The van der Waals surface area contributed by atoms with Gasteiger partial charge in [0.2, 0.25) is 11.9 Å². The fourth-order valence-electron chi connectivity index (χ4n) is 4.79. The van der Waals surface area contributed by atoms with Crippen molar-refractivity contribution < 1.29 is 4.79 Å². The lowest BCUT2D eigenvalue weighted by molar-refractivity contribution is -0.132. The van der Waals surface area contributed by atoms with Gasteiger partial charge >= 0.3 is 0 Å². The second-order valence-electron chi connectivity index (χ2n) is 8.94. The zero-order valence-corrected chi connectivity index (χ0v) is 19.4. The Bertz CT molecular complexity index is 1110. The number of para-hydroxylation sites is 1. The zero-order chi connectivity index (χ0) is 22.8. The maximum Gasteiger partial charge on any atom is 0.244 e. The molecule has 0 atom stereocenters. The molecule has 2 aliphatic rings. The number of carbonyl (C=O) groups is 1. The second kappa shape index (κ2) is 9.21. The predicted octanol–water partition coefficient (Wildman–Crippen LogP) is 2.91. The molecule has 2 aliphatic heterocycles. The summed E-state index contributed by atoms with van der Waals surface area (Å²) < 4.78 is 1.80. The minimum atomic E-state index is 0.125. The van der Waals surface area contributed by atoms with Gasteiger partial charge in [0.15, 0.2) is 0 Å². The molecule has 0 saturated carbocycles. The van der Waals surface area contributed by atoms with Gasteiger partial charge in [-0.15, -0.1) is 0 Å². The van der Waals surface area contributed by atoms with Crippen LogP contribution in [0.2, 0.25) is 0 Å². The molecule has 0 aliphatic carbocycles. The van der Waals surface area contributed by atoms with E-state index in [9.17, 15) is 4.79 Å². The molecule has 0 N–H and O–H groups in total. The fraction of sp³-hybridized carbons (Fsp3) is 0.440. The molecule has 0 bridgehead atoms. The summed E-state index contributed by atoms with van der Waals surface area (Å²) in [5.74, 6) is 0.948. The van der Waals surface area contributed by atoms with Crippen LogP contribution in [-0.4, -0.2) is 69.8 Å². The second-order valence-corrected chi connectivity index (χ2v) is 8.94. The first kappa shape index (κ1) is 21.4. The van der Waals surface area contributed by atoms with E-state index in [4.69, 9.17) is 0 Å². The molecule has 1 amide bonds. The van der Waals surface area contributed by atoms with Gasteiger partial charge in [-0.25, -0.2) is 9.97 Å². The number of aromatic nitrogens is 4. The number of hydrogen-bond acceptors (Lipinski definition) is 6. The summed E-state index contributed by atoms with van der Waals surface area (Å²) in [7, 11) is 0. The monoisotopic (exact) mass is 445 g/mol. The number of nitrogens with zero attached hydrogens (tertiary/aromatic N) is 7. The van der Waals surface area contributed by atoms with E-state index in [1.165, 1.54) is 18.5 Å². The van der Waals surface area contributed by atoms with Gasteiger partial charge in [0.25, 0.3) is 0 Å². The van der Waals surface area contributed by atoms with Gasteiger partial charge < -0.3 is 14.7 Å². The van der Waals surface area contributed by atoms with Crippen molar-refractivity contribution in [3.05, 3.63) is 54.1 Å². The van der Waals surface area contributed by atoms with Gasteiger partial charge in [-0.05, 0) is 38.8 Å². The maximum atomic E-state index is 12.8. The Kier molecular flexibility index (Phi) is 5.98. The van der Waals surface area contributed by atoms with Crippen molar-refractivity contribution in [3.63, 3.8) is 0 Å². The van der Waals surface area contributed by atoms with Gasteiger partial charge in [0, 0.05) is 74.2 Å². The average molecular weight is 446 g/mol. The number of piperazine rings is 1. The first-order valence-electron chi connectivity index (χ1n) is 11.8. The summed E-state index contributed by atoms with van der Waals surface area (Å²) in [6.45, 7) is 9.33. The van der Waals surface area contributed by atoms with Crippen LogP contribution >= 0.6 is 0 Å². The number of aryl methyl sites for hydroxylation is 2. The molecule has 5 rings (SSSR count). The van der Waals surface area contributed by atoms with Crippen molar-refractivity contribution in [3.8, 4) is 11.1 Å². The van der Waals surface area contributed by atoms with E-state index in [-0.39, 0.29) is 5.91 Å². The Balaban J connectivity index is 1.26. The molecule has 0 spiro atoms. The standard InChI is InChI=1S/C25H31N7O/c1-19-15-20(2)32(28-19)18-24(33)30-13-11-29(12-14-30)23-8-4-3-7-22(23)21-16-26-25(27-17-21)31-9-5-6-10-31/h3-4,7-8,15-17H,5-6,9-14,18H2,1-2H3. The number of amides is 1. The van der Waals surface area contributed by atoms with Gasteiger partial charge in [-0.1, -0.05) is 18.2 Å². The van der Waals surface area contributed by atoms with Crippen molar-refractivity contribution >= 4 is 17.5 Å². The van der Waals surface area contributed by atoms with E-state index in [0.717, 1.165) is 54.6 Å². The van der Waals surface area contributed by atoms with E-state index in [0.29, 0.717) is 19.6 Å². The van der Waals surface area contributed by atoms with E-state index in [1.54, 1.807) is 4.68 Å². The minimum Gasteiger partial charge on any atom is -0.367 e. The van der Waals surface area contributed by atoms with E-state index in [2.05, 4.69) is 49.1 Å². The summed E-state index contributed by atoms with van der Waals surface area (Å²) in [6, 6.07) is 10.4. The molecule has 33 heavy (non-hydrogen) atoms. The van der Waals surface area contributed by atoms with E-state index >= 15 is 0 Å². The number of hydrogen-bond donors (Lipinski definition) is 0. The number of anilines is 2. The third kappa shape index (κ3) is 4.55. The van der Waals surface area contributed by atoms with Crippen LogP contribution in [0.4, 0.5) is 11.6 Å². The Hall–Kier alpha value is -3.42. The molecular weight excluding hydrogens is 414 g/mol. The van der Waals surface area contributed by atoms with E-state index < -0.39 is 0 Å². The summed E-state index contributed by atoms with van der Waals surface area (Å²) in [5, 5.41) is 4.43. The molecule has 4 heterocycles. The topological polar surface area (TPSA) is 70.4 Å². The molecule has 172 valence electrons. The first-order valence-corrected chi connectivity index (χ1v) is 11.8. The van der Waals surface area contributed by atoms with Crippen LogP contribution in [-0.2, 0) is 11.3 Å².